The minimum Gasteiger partial charge on any atom is -0.385 e. The van der Waals surface area contributed by atoms with E-state index in [2.05, 4.69) is 29.9 Å². The molecule has 4 saturated heterocycles. The molecule has 4 aliphatic rings. The predicted octanol–water partition coefficient (Wildman–Crippen LogP) is -1.84. The van der Waals surface area contributed by atoms with Gasteiger partial charge in [0, 0.05) is 4.57 Å². The number of anilines is 2. The molecule has 10 unspecified atom stereocenters. The average molecular weight is 686 g/mol. The van der Waals surface area contributed by atoms with Gasteiger partial charge < -0.3 is 40.2 Å². The van der Waals surface area contributed by atoms with Crippen LogP contribution in [0.15, 0.2) is 23.8 Å². The molecular formula is C21H24N10O11P2S+2. The molecule has 24 heteroatoms. The summed E-state index contributed by atoms with van der Waals surface area (Å²) in [5, 5.41) is 11.2. The molecule has 4 fully saturated rings. The Bertz CT molecular complexity index is 1960. The number of ether oxygens (including phenoxy) is 3. The van der Waals surface area contributed by atoms with Crippen LogP contribution in [-0.4, -0.2) is 100 Å². The second-order valence-corrected chi connectivity index (χ2v) is 14.4. The van der Waals surface area contributed by atoms with Crippen molar-refractivity contribution in [1.82, 2.24) is 34.5 Å². The Balaban J connectivity index is 1.08. The number of rotatable bonds is 2. The first kappa shape index (κ1) is 29.3. The van der Waals surface area contributed by atoms with E-state index in [-0.39, 0.29) is 36.1 Å². The SMILES string of the molecule is Nc1nc2c(ncn2C2OC3COP(O)(=S)OC4C5OCC4(CO[P+](=O)OC3C2O)OC5[n+]2c[nH]c3c(N)ncnc32)c(=O)[nH]1. The number of fused-ring (bicyclic) bond motifs is 3. The number of aromatic nitrogens is 8. The number of aliphatic hydroxyl groups excluding tert-OH is 1. The predicted molar refractivity (Wildman–Crippen MR) is 149 cm³/mol. The van der Waals surface area contributed by atoms with Crippen LogP contribution in [0.4, 0.5) is 11.8 Å². The van der Waals surface area contributed by atoms with Gasteiger partial charge in [-0.3, -0.25) is 23.9 Å². The summed E-state index contributed by atoms with van der Waals surface area (Å²) in [5.74, 6) is 0.0310. The van der Waals surface area contributed by atoms with E-state index < -0.39 is 75.7 Å². The molecule has 0 aromatic carbocycles. The van der Waals surface area contributed by atoms with Gasteiger partial charge >= 0.3 is 20.6 Å². The highest BCUT2D eigenvalue weighted by Gasteiger charge is 2.67. The number of nitrogen functional groups attached to an aromatic ring is 2. The van der Waals surface area contributed by atoms with Gasteiger partial charge in [-0.2, -0.15) is 9.97 Å². The monoisotopic (exact) mass is 686 g/mol. The van der Waals surface area contributed by atoms with E-state index in [0.717, 1.165) is 0 Å². The van der Waals surface area contributed by atoms with Crippen molar-refractivity contribution in [2.24, 2.45) is 0 Å². The van der Waals surface area contributed by atoms with Crippen LogP contribution in [0, 0.1) is 0 Å². The van der Waals surface area contributed by atoms with Crippen molar-refractivity contribution in [3.63, 3.8) is 0 Å². The second-order valence-electron chi connectivity index (χ2n) is 10.7. The molecule has 10 atom stereocenters. The molecule has 4 aromatic rings. The molecule has 0 saturated carbocycles. The summed E-state index contributed by atoms with van der Waals surface area (Å²) in [4.78, 5) is 45.1. The summed E-state index contributed by atoms with van der Waals surface area (Å²) in [6, 6.07) is 0. The van der Waals surface area contributed by atoms with Crippen LogP contribution in [0.5, 0.6) is 0 Å². The summed E-state index contributed by atoms with van der Waals surface area (Å²) >= 11 is 5.35. The minimum atomic E-state index is -4.05. The smallest absolute Gasteiger partial charge is 0.385 e. The van der Waals surface area contributed by atoms with Crippen LogP contribution < -0.4 is 21.6 Å². The molecule has 45 heavy (non-hydrogen) atoms. The Morgan fingerprint density at radius 3 is 2.93 bits per heavy atom. The number of imidazole rings is 2. The van der Waals surface area contributed by atoms with E-state index >= 15 is 0 Å². The standard InChI is InChI=1S/C21H22N10O11P2S/c22-14-8-15(25-4-24-14)30(5-26-8)19-12-13-21(40-19,2-36-12)3-37-43(34)41-11-7(1-38-44(35,45)42-13)39-18(10(11)32)31-6-27-9-16(31)28-20(23)29-17(9)33/h4-7,10-13,18-19,32H,1-3H2,(H5-,22,23,24,25,28,29,33,35,45)/p+2. The highest BCUT2D eigenvalue weighted by atomic mass is 32.5. The second kappa shape index (κ2) is 10.5. The van der Waals surface area contributed by atoms with Crippen LogP contribution in [0.1, 0.15) is 12.5 Å². The highest BCUT2D eigenvalue weighted by Crippen LogP contribution is 2.55. The van der Waals surface area contributed by atoms with Crippen molar-refractivity contribution in [3.8, 4) is 0 Å². The summed E-state index contributed by atoms with van der Waals surface area (Å²) in [6.45, 7) is -4.96. The zero-order chi connectivity index (χ0) is 31.2. The maximum atomic E-state index is 13.2. The summed E-state index contributed by atoms with van der Waals surface area (Å²) in [5.41, 5.74) is 10.5. The molecule has 2 bridgehead atoms. The quantitative estimate of drug-likeness (QED) is 0.0997. The third kappa shape index (κ3) is 4.69. The Morgan fingerprint density at radius 2 is 2.09 bits per heavy atom. The van der Waals surface area contributed by atoms with Crippen molar-refractivity contribution >= 4 is 60.9 Å². The molecule has 21 nitrogen and oxygen atoms in total. The van der Waals surface area contributed by atoms with E-state index in [9.17, 15) is 19.4 Å². The maximum Gasteiger partial charge on any atom is 0.697 e. The van der Waals surface area contributed by atoms with Gasteiger partial charge in [-0.15, -0.1) is 9.05 Å². The van der Waals surface area contributed by atoms with Gasteiger partial charge in [-0.1, -0.05) is 4.98 Å². The number of H-pyrrole nitrogens is 2. The number of nitrogens with two attached hydrogens (primary N) is 2. The number of hydrogen-bond acceptors (Lipinski definition) is 17. The van der Waals surface area contributed by atoms with E-state index in [0.29, 0.717) is 11.2 Å². The zero-order valence-corrected chi connectivity index (χ0v) is 25.2. The summed E-state index contributed by atoms with van der Waals surface area (Å²) < 4.78 is 57.3. The Kier molecular flexibility index (Phi) is 6.81. The van der Waals surface area contributed by atoms with Crippen molar-refractivity contribution in [1.29, 1.82) is 0 Å². The molecule has 8 N–H and O–H groups in total. The molecule has 238 valence electrons. The van der Waals surface area contributed by atoms with Crippen LogP contribution in [0.2, 0.25) is 0 Å². The molecule has 0 radical (unpaired) electrons. The van der Waals surface area contributed by atoms with Crippen LogP contribution in [0.25, 0.3) is 22.3 Å². The number of nitrogens with one attached hydrogen (secondary N) is 2. The van der Waals surface area contributed by atoms with Crippen molar-refractivity contribution < 1.29 is 51.4 Å². The molecule has 8 heterocycles. The van der Waals surface area contributed by atoms with Crippen molar-refractivity contribution in [2.75, 3.05) is 31.3 Å². The van der Waals surface area contributed by atoms with Crippen molar-refractivity contribution in [3.05, 3.63) is 29.3 Å². The molecule has 0 spiro atoms. The highest BCUT2D eigenvalue weighted by molar-refractivity contribution is 8.07. The Hall–Kier alpha value is -3.11. The minimum absolute atomic E-state index is 0.0200. The molecular weight excluding hydrogens is 662 g/mol. The number of aromatic amines is 2. The van der Waals surface area contributed by atoms with E-state index in [1.54, 1.807) is 10.9 Å². The van der Waals surface area contributed by atoms with Crippen LogP contribution >= 0.6 is 15.0 Å². The number of hydrogen-bond donors (Lipinski definition) is 6. The van der Waals surface area contributed by atoms with E-state index in [4.69, 9.17) is 55.6 Å². The Labute approximate surface area is 255 Å². The summed E-state index contributed by atoms with van der Waals surface area (Å²) in [7, 11) is -2.90. The van der Waals surface area contributed by atoms with Gasteiger partial charge in [0.25, 0.3) is 5.56 Å². The fourth-order valence-corrected chi connectivity index (χ4v) is 8.26. The molecule has 0 aliphatic carbocycles. The van der Waals surface area contributed by atoms with Crippen molar-refractivity contribution in [2.45, 2.75) is 48.6 Å². The van der Waals surface area contributed by atoms with Gasteiger partial charge in [-0.25, -0.2) is 9.55 Å². The normalized spacial score (nSPS) is 37.8. The third-order valence-corrected chi connectivity index (χ3v) is 10.3. The van der Waals surface area contributed by atoms with Crippen LogP contribution in [-0.2, 0) is 48.7 Å². The van der Waals surface area contributed by atoms with Gasteiger partial charge in [0.2, 0.25) is 17.7 Å². The van der Waals surface area contributed by atoms with E-state index in [1.165, 1.54) is 17.2 Å². The average Bonchev–Trinajstić information content (AvgIpc) is 3.80. The van der Waals surface area contributed by atoms with Gasteiger partial charge in [0.1, 0.15) is 31.0 Å². The largest absolute Gasteiger partial charge is 0.697 e. The fraction of sp³-hybridized carbons (Fsp3) is 0.524. The van der Waals surface area contributed by atoms with Gasteiger partial charge in [0.15, 0.2) is 47.6 Å². The lowest BCUT2D eigenvalue weighted by molar-refractivity contribution is -0.751. The van der Waals surface area contributed by atoms with Gasteiger partial charge in [-0.05, 0) is 11.8 Å². The fourth-order valence-electron chi connectivity index (χ4n) is 5.96. The lowest BCUT2D eigenvalue weighted by Gasteiger charge is -2.30. The molecule has 4 aromatic heterocycles. The number of nitrogens with zero attached hydrogens (tertiary/aromatic N) is 6. The topological polar surface area (TPSA) is 283 Å². The van der Waals surface area contributed by atoms with Gasteiger partial charge in [0.05, 0.1) is 19.5 Å². The van der Waals surface area contributed by atoms with E-state index in [1.807, 2.05) is 0 Å². The number of aliphatic hydroxyl groups is 1. The molecule has 8 rings (SSSR count). The third-order valence-electron chi connectivity index (χ3n) is 8.00. The first-order valence-corrected chi connectivity index (χ1v) is 17.0. The van der Waals surface area contributed by atoms with Crippen LogP contribution in [0.3, 0.4) is 0 Å². The first-order chi connectivity index (χ1) is 21.5. The maximum absolute atomic E-state index is 13.2. The zero-order valence-electron chi connectivity index (χ0n) is 22.6. The Morgan fingerprint density at radius 1 is 1.24 bits per heavy atom. The molecule has 0 amide bonds. The lowest BCUT2D eigenvalue weighted by Crippen LogP contribution is -2.49. The first-order valence-electron chi connectivity index (χ1n) is 13.3. The molecule has 4 aliphatic heterocycles. The summed E-state index contributed by atoms with van der Waals surface area (Å²) in [6.07, 6.45) is -3.88. The lowest BCUT2D eigenvalue weighted by atomic mass is 10.0.